The maximum atomic E-state index is 13.4. The summed E-state index contributed by atoms with van der Waals surface area (Å²) < 4.78 is 28.3. The Morgan fingerprint density at radius 1 is 1.16 bits per heavy atom. The lowest BCUT2D eigenvalue weighted by atomic mass is 10.0. The number of benzene rings is 2. The van der Waals surface area contributed by atoms with Gasteiger partial charge in [-0.2, -0.15) is 4.31 Å². The largest absolute Gasteiger partial charge is 0.370 e. The van der Waals surface area contributed by atoms with Crippen LogP contribution < -0.4 is 0 Å². The summed E-state index contributed by atoms with van der Waals surface area (Å²) in [6.45, 7) is 8.93. The second-order valence-corrected chi connectivity index (χ2v) is 11.9. The minimum Gasteiger partial charge on any atom is -0.370 e. The minimum atomic E-state index is -3.76. The summed E-state index contributed by atoms with van der Waals surface area (Å²) in [5.74, 6) is 0.427. The van der Waals surface area contributed by atoms with Crippen LogP contribution in [0.3, 0.4) is 0 Å². The van der Waals surface area contributed by atoms with Crippen LogP contribution in [0, 0.1) is 13.8 Å². The number of nitrogens with zero attached hydrogens (tertiary/aromatic N) is 2. The van der Waals surface area contributed by atoms with Crippen molar-refractivity contribution in [2.24, 2.45) is 0 Å². The van der Waals surface area contributed by atoms with Gasteiger partial charge in [-0.1, -0.05) is 55.3 Å². The zero-order valence-electron chi connectivity index (χ0n) is 19.4. The SMILES string of the molecule is CCCN(CCC)S(=O)(=O)c1cc(C2(O)CSC(c3ccc(C)cc3C)N2C)ccc1Cl. The molecule has 0 amide bonds. The fraction of sp³-hybridized carbons (Fsp3) is 0.500. The van der Waals surface area contributed by atoms with Crippen molar-refractivity contribution in [1.29, 1.82) is 0 Å². The van der Waals surface area contributed by atoms with Crippen molar-refractivity contribution in [3.63, 3.8) is 0 Å². The van der Waals surface area contributed by atoms with E-state index in [1.165, 1.54) is 15.4 Å². The van der Waals surface area contributed by atoms with E-state index in [9.17, 15) is 13.5 Å². The molecule has 0 spiro atoms. The van der Waals surface area contributed by atoms with Gasteiger partial charge in [0.2, 0.25) is 10.0 Å². The third kappa shape index (κ3) is 4.74. The third-order valence-corrected chi connectivity index (χ3v) is 9.86. The summed E-state index contributed by atoms with van der Waals surface area (Å²) in [5.41, 5.74) is 2.76. The van der Waals surface area contributed by atoms with E-state index >= 15 is 0 Å². The van der Waals surface area contributed by atoms with Crippen LogP contribution >= 0.6 is 23.4 Å². The number of hydrogen-bond acceptors (Lipinski definition) is 5. The monoisotopic (exact) mass is 496 g/mol. The molecule has 32 heavy (non-hydrogen) atoms. The predicted octanol–water partition coefficient (Wildman–Crippen LogP) is 5.29. The molecule has 0 saturated carbocycles. The van der Waals surface area contributed by atoms with Gasteiger partial charge in [-0.25, -0.2) is 8.42 Å². The second-order valence-electron chi connectivity index (χ2n) is 8.50. The van der Waals surface area contributed by atoms with Gasteiger partial charge >= 0.3 is 0 Å². The molecule has 1 aliphatic heterocycles. The Labute approximate surface area is 201 Å². The molecule has 0 radical (unpaired) electrons. The summed E-state index contributed by atoms with van der Waals surface area (Å²) >= 11 is 8.02. The van der Waals surface area contributed by atoms with E-state index in [-0.39, 0.29) is 15.3 Å². The maximum absolute atomic E-state index is 13.4. The van der Waals surface area contributed by atoms with Crippen LogP contribution in [0.5, 0.6) is 0 Å². The Bertz CT molecular complexity index is 1070. The number of aliphatic hydroxyl groups is 1. The van der Waals surface area contributed by atoms with E-state index in [1.807, 2.05) is 25.8 Å². The van der Waals surface area contributed by atoms with Crippen molar-refractivity contribution in [3.8, 4) is 0 Å². The highest BCUT2D eigenvalue weighted by Gasteiger charge is 2.46. The van der Waals surface area contributed by atoms with Crippen LogP contribution in [0.4, 0.5) is 0 Å². The first-order valence-corrected chi connectivity index (χ1v) is 13.9. The van der Waals surface area contributed by atoms with E-state index in [4.69, 9.17) is 11.6 Å². The molecule has 176 valence electrons. The number of rotatable bonds is 8. The predicted molar refractivity (Wildman–Crippen MR) is 134 cm³/mol. The maximum Gasteiger partial charge on any atom is 0.244 e. The molecule has 2 unspecified atom stereocenters. The van der Waals surface area contributed by atoms with Gasteiger partial charge in [0.15, 0.2) is 5.72 Å². The molecule has 1 heterocycles. The van der Waals surface area contributed by atoms with Crippen LogP contribution in [0.2, 0.25) is 5.02 Å². The topological polar surface area (TPSA) is 60.9 Å². The molecule has 0 aromatic heterocycles. The molecule has 0 aliphatic carbocycles. The number of sulfonamides is 1. The Morgan fingerprint density at radius 2 is 1.81 bits per heavy atom. The quantitative estimate of drug-likeness (QED) is 0.538. The van der Waals surface area contributed by atoms with Gasteiger partial charge in [0.05, 0.1) is 10.4 Å². The fourth-order valence-electron chi connectivity index (χ4n) is 4.23. The molecule has 1 fully saturated rings. The van der Waals surface area contributed by atoms with Crippen LogP contribution in [-0.2, 0) is 15.7 Å². The average molecular weight is 497 g/mol. The highest BCUT2D eigenvalue weighted by atomic mass is 35.5. The Balaban J connectivity index is 2.00. The molecule has 1 aliphatic rings. The fourth-order valence-corrected chi connectivity index (χ4v) is 7.96. The van der Waals surface area contributed by atoms with Gasteiger partial charge in [-0.3, -0.25) is 4.90 Å². The smallest absolute Gasteiger partial charge is 0.244 e. The van der Waals surface area contributed by atoms with Gasteiger partial charge < -0.3 is 5.11 Å². The first-order chi connectivity index (χ1) is 15.1. The Kier molecular flexibility index (Phi) is 8.01. The zero-order chi connectivity index (χ0) is 23.7. The molecule has 3 rings (SSSR count). The number of aryl methyl sites for hydroxylation is 2. The normalized spacial score (nSPS) is 22.1. The van der Waals surface area contributed by atoms with Crippen LogP contribution in [0.15, 0.2) is 41.3 Å². The molecule has 2 aromatic carbocycles. The van der Waals surface area contributed by atoms with Gasteiger partial charge in [0.1, 0.15) is 4.90 Å². The van der Waals surface area contributed by atoms with Crippen molar-refractivity contribution in [2.75, 3.05) is 25.9 Å². The van der Waals surface area contributed by atoms with Crippen molar-refractivity contribution >= 4 is 33.4 Å². The first kappa shape index (κ1) is 25.5. The van der Waals surface area contributed by atoms with E-state index in [0.717, 1.165) is 18.4 Å². The molecule has 8 heteroatoms. The van der Waals surface area contributed by atoms with Crippen molar-refractivity contribution in [1.82, 2.24) is 9.21 Å². The van der Waals surface area contributed by atoms with Crippen molar-refractivity contribution in [2.45, 2.75) is 56.5 Å². The highest BCUT2D eigenvalue weighted by molar-refractivity contribution is 7.99. The molecule has 2 atom stereocenters. The number of halogens is 1. The summed E-state index contributed by atoms with van der Waals surface area (Å²) in [6, 6.07) is 11.2. The summed E-state index contributed by atoms with van der Waals surface area (Å²) in [7, 11) is -1.88. The molecule has 1 N–H and O–H groups in total. The van der Waals surface area contributed by atoms with E-state index in [1.54, 1.807) is 30.0 Å². The Hall–Kier alpha value is -1.09. The molecular weight excluding hydrogens is 464 g/mol. The van der Waals surface area contributed by atoms with Crippen LogP contribution in [0.25, 0.3) is 0 Å². The molecule has 2 aromatic rings. The standard InChI is InChI=1S/C24H33ClN2O3S2/c1-6-12-27(13-7-2)32(29,30)22-15-19(9-11-21(22)25)24(28)16-31-23(26(24)5)20-10-8-17(3)14-18(20)4/h8-11,14-15,23,28H,6-7,12-13,16H2,1-5H3. The van der Waals surface area contributed by atoms with Crippen molar-refractivity contribution in [3.05, 3.63) is 63.7 Å². The summed E-state index contributed by atoms with van der Waals surface area (Å²) in [6.07, 6.45) is 1.44. The lowest BCUT2D eigenvalue weighted by Gasteiger charge is -2.34. The van der Waals surface area contributed by atoms with E-state index in [0.29, 0.717) is 24.4 Å². The second kappa shape index (κ2) is 10.0. The average Bonchev–Trinajstić information content (AvgIpc) is 3.04. The highest BCUT2D eigenvalue weighted by Crippen LogP contribution is 2.50. The van der Waals surface area contributed by atoms with Crippen LogP contribution in [0.1, 0.15) is 54.3 Å². The lowest BCUT2D eigenvalue weighted by Crippen LogP contribution is -2.41. The summed E-state index contributed by atoms with van der Waals surface area (Å²) in [4.78, 5) is 1.98. The lowest BCUT2D eigenvalue weighted by molar-refractivity contribution is -0.0778. The van der Waals surface area contributed by atoms with Gasteiger partial charge in [-0.15, -0.1) is 11.8 Å². The van der Waals surface area contributed by atoms with Gasteiger partial charge in [-0.05, 0) is 57.0 Å². The minimum absolute atomic E-state index is 0.0342. The number of hydrogen-bond donors (Lipinski definition) is 1. The summed E-state index contributed by atoms with van der Waals surface area (Å²) in [5, 5.41) is 11.8. The first-order valence-electron chi connectivity index (χ1n) is 11.0. The molecular formula is C24H33ClN2O3S2. The molecule has 0 bridgehead atoms. The third-order valence-electron chi connectivity index (χ3n) is 6.03. The van der Waals surface area contributed by atoms with Crippen LogP contribution in [-0.4, -0.2) is 48.6 Å². The van der Waals surface area contributed by atoms with E-state index < -0.39 is 15.7 Å². The van der Waals surface area contributed by atoms with Crippen molar-refractivity contribution < 1.29 is 13.5 Å². The number of thioether (sulfide) groups is 1. The van der Waals surface area contributed by atoms with Gasteiger partial charge in [0, 0.05) is 24.4 Å². The van der Waals surface area contributed by atoms with Gasteiger partial charge in [0.25, 0.3) is 0 Å². The molecule has 1 saturated heterocycles. The Morgan fingerprint density at radius 3 is 2.41 bits per heavy atom. The van der Waals surface area contributed by atoms with E-state index in [2.05, 4.69) is 32.0 Å². The zero-order valence-corrected chi connectivity index (χ0v) is 21.8. The molecule has 5 nitrogen and oxygen atoms in total.